The Labute approximate surface area is 93.9 Å². The zero-order valence-corrected chi connectivity index (χ0v) is 9.01. The van der Waals surface area contributed by atoms with Gasteiger partial charge in [0.15, 0.2) is 0 Å². The second-order valence-corrected chi connectivity index (χ2v) is 3.48. The number of non-ortho nitro benzene ring substituents is 1. The van der Waals surface area contributed by atoms with Crippen LogP contribution < -0.4 is 5.32 Å². The molecule has 0 fully saturated rings. The molecule has 0 bridgehead atoms. The smallest absolute Gasteiger partial charge is 0.269 e. The van der Waals surface area contributed by atoms with Crippen molar-refractivity contribution in [3.63, 3.8) is 0 Å². The third-order valence-corrected chi connectivity index (χ3v) is 2.21. The highest BCUT2D eigenvalue weighted by Crippen LogP contribution is 2.11. The van der Waals surface area contributed by atoms with Crippen molar-refractivity contribution in [3.8, 4) is 6.07 Å². The maximum absolute atomic E-state index is 10.4. The van der Waals surface area contributed by atoms with Gasteiger partial charge in [-0.3, -0.25) is 10.1 Å². The van der Waals surface area contributed by atoms with Crippen LogP contribution in [0, 0.1) is 21.4 Å². The third kappa shape index (κ3) is 3.67. The van der Waals surface area contributed by atoms with Crippen LogP contribution >= 0.6 is 0 Å². The molecule has 1 unspecified atom stereocenters. The lowest BCUT2D eigenvalue weighted by molar-refractivity contribution is -0.384. The van der Waals surface area contributed by atoms with Crippen molar-refractivity contribution in [1.29, 1.82) is 5.26 Å². The van der Waals surface area contributed by atoms with Gasteiger partial charge in [0.25, 0.3) is 5.69 Å². The first kappa shape index (κ1) is 12.1. The Morgan fingerprint density at radius 2 is 2.12 bits per heavy atom. The summed E-state index contributed by atoms with van der Waals surface area (Å²) in [6, 6.07) is 8.35. The number of nitriles is 1. The fourth-order valence-corrected chi connectivity index (χ4v) is 1.26. The van der Waals surface area contributed by atoms with E-state index in [4.69, 9.17) is 5.26 Å². The van der Waals surface area contributed by atoms with Crippen molar-refractivity contribution in [3.05, 3.63) is 39.9 Å². The summed E-state index contributed by atoms with van der Waals surface area (Å²) < 4.78 is 0. The first-order valence-corrected chi connectivity index (χ1v) is 5.00. The van der Waals surface area contributed by atoms with E-state index in [-0.39, 0.29) is 11.7 Å². The fourth-order valence-electron chi connectivity index (χ4n) is 1.26. The van der Waals surface area contributed by atoms with E-state index in [1.54, 1.807) is 19.1 Å². The van der Waals surface area contributed by atoms with E-state index >= 15 is 0 Å². The molecule has 0 aromatic heterocycles. The van der Waals surface area contributed by atoms with Crippen LogP contribution in [0.1, 0.15) is 12.5 Å². The van der Waals surface area contributed by atoms with Crippen molar-refractivity contribution in [2.24, 2.45) is 0 Å². The van der Waals surface area contributed by atoms with Crippen LogP contribution in [0.25, 0.3) is 0 Å². The zero-order valence-electron chi connectivity index (χ0n) is 9.01. The molecule has 0 heterocycles. The first-order valence-electron chi connectivity index (χ1n) is 5.00. The average Bonchev–Trinajstić information content (AvgIpc) is 2.29. The Hall–Kier alpha value is -1.93. The van der Waals surface area contributed by atoms with E-state index in [0.29, 0.717) is 6.54 Å². The standard InChI is InChI=1S/C11H13N3O2/c1-9(8-12)13-7-6-10-2-4-11(5-3-10)14(15)16/h2-5,9,13H,6-7H2,1H3. The number of nitro benzene ring substituents is 1. The lowest BCUT2D eigenvalue weighted by atomic mass is 10.1. The Balaban J connectivity index is 2.44. The molecule has 0 saturated heterocycles. The molecule has 0 saturated carbocycles. The number of benzene rings is 1. The maximum Gasteiger partial charge on any atom is 0.269 e. The molecule has 0 aliphatic rings. The van der Waals surface area contributed by atoms with Crippen LogP contribution in [-0.4, -0.2) is 17.5 Å². The van der Waals surface area contributed by atoms with E-state index in [1.165, 1.54) is 12.1 Å². The molecule has 1 aromatic rings. The van der Waals surface area contributed by atoms with Crippen LogP contribution in [0.4, 0.5) is 5.69 Å². The van der Waals surface area contributed by atoms with Crippen molar-refractivity contribution < 1.29 is 4.92 Å². The van der Waals surface area contributed by atoms with Gasteiger partial charge in [-0.15, -0.1) is 0 Å². The van der Waals surface area contributed by atoms with Gasteiger partial charge in [-0.2, -0.15) is 5.26 Å². The summed E-state index contributed by atoms with van der Waals surface area (Å²) in [5, 5.41) is 22.0. The predicted octanol–water partition coefficient (Wildman–Crippen LogP) is 1.64. The van der Waals surface area contributed by atoms with Gasteiger partial charge in [-0.05, 0) is 18.9 Å². The molecule has 1 atom stereocenters. The van der Waals surface area contributed by atoms with Crippen molar-refractivity contribution in [1.82, 2.24) is 5.32 Å². The Bertz CT molecular complexity index is 395. The van der Waals surface area contributed by atoms with Crippen LogP contribution in [0.3, 0.4) is 0 Å². The largest absolute Gasteiger partial charge is 0.302 e. The molecule has 1 rings (SSSR count). The first-order chi connectivity index (χ1) is 7.63. The number of hydrogen-bond acceptors (Lipinski definition) is 4. The highest BCUT2D eigenvalue weighted by atomic mass is 16.6. The van der Waals surface area contributed by atoms with Crippen molar-refractivity contribution >= 4 is 5.69 Å². The predicted molar refractivity (Wildman–Crippen MR) is 59.9 cm³/mol. The second kappa shape index (κ2) is 5.83. The summed E-state index contributed by atoms with van der Waals surface area (Å²) in [6.07, 6.45) is 0.754. The second-order valence-electron chi connectivity index (χ2n) is 3.48. The number of nitrogens with one attached hydrogen (secondary N) is 1. The van der Waals surface area contributed by atoms with Gasteiger partial charge in [-0.25, -0.2) is 0 Å². The van der Waals surface area contributed by atoms with Gasteiger partial charge in [-0.1, -0.05) is 12.1 Å². The maximum atomic E-state index is 10.4. The monoisotopic (exact) mass is 219 g/mol. The lowest BCUT2D eigenvalue weighted by Crippen LogP contribution is -2.26. The summed E-state index contributed by atoms with van der Waals surface area (Å²) in [7, 11) is 0. The molecular weight excluding hydrogens is 206 g/mol. The Morgan fingerprint density at radius 1 is 1.50 bits per heavy atom. The van der Waals surface area contributed by atoms with Crippen LogP contribution in [0.2, 0.25) is 0 Å². The molecule has 1 N–H and O–H groups in total. The molecule has 5 heteroatoms. The van der Waals surface area contributed by atoms with Crippen LogP contribution in [0.15, 0.2) is 24.3 Å². The summed E-state index contributed by atoms with van der Waals surface area (Å²) in [5.74, 6) is 0. The average molecular weight is 219 g/mol. The number of nitro groups is 1. The molecular formula is C11H13N3O2. The van der Waals surface area contributed by atoms with Gasteiger partial charge >= 0.3 is 0 Å². The topological polar surface area (TPSA) is 79.0 Å². The molecule has 16 heavy (non-hydrogen) atoms. The SMILES string of the molecule is CC(C#N)NCCc1ccc([N+](=O)[O-])cc1. The minimum Gasteiger partial charge on any atom is -0.302 e. The molecule has 0 amide bonds. The molecule has 0 aliphatic carbocycles. The van der Waals surface area contributed by atoms with Gasteiger partial charge < -0.3 is 5.32 Å². The molecule has 84 valence electrons. The van der Waals surface area contributed by atoms with Crippen LogP contribution in [0.5, 0.6) is 0 Å². The minimum atomic E-state index is -0.417. The van der Waals surface area contributed by atoms with Gasteiger partial charge in [0.1, 0.15) is 0 Å². The number of rotatable bonds is 5. The molecule has 1 aromatic carbocycles. The summed E-state index contributed by atoms with van der Waals surface area (Å²) in [5.41, 5.74) is 1.12. The minimum absolute atomic E-state index is 0.0992. The van der Waals surface area contributed by atoms with E-state index in [1.807, 2.05) is 0 Å². The molecule has 0 aliphatic heterocycles. The number of nitrogens with zero attached hydrogens (tertiary/aromatic N) is 2. The summed E-state index contributed by atoms with van der Waals surface area (Å²) in [6.45, 7) is 2.47. The highest BCUT2D eigenvalue weighted by molar-refractivity contribution is 5.32. The van der Waals surface area contributed by atoms with Crippen molar-refractivity contribution in [2.45, 2.75) is 19.4 Å². The number of hydrogen-bond donors (Lipinski definition) is 1. The van der Waals surface area contributed by atoms with E-state index in [9.17, 15) is 10.1 Å². The fraction of sp³-hybridized carbons (Fsp3) is 0.364. The van der Waals surface area contributed by atoms with E-state index in [0.717, 1.165) is 12.0 Å². The Kier molecular flexibility index (Phi) is 4.42. The van der Waals surface area contributed by atoms with E-state index < -0.39 is 4.92 Å². The zero-order chi connectivity index (χ0) is 12.0. The quantitative estimate of drug-likeness (QED) is 0.603. The Morgan fingerprint density at radius 3 is 2.62 bits per heavy atom. The molecule has 5 nitrogen and oxygen atoms in total. The van der Waals surface area contributed by atoms with Crippen molar-refractivity contribution in [2.75, 3.05) is 6.54 Å². The molecule has 0 radical (unpaired) electrons. The third-order valence-electron chi connectivity index (χ3n) is 2.21. The van der Waals surface area contributed by atoms with Gasteiger partial charge in [0.2, 0.25) is 0 Å². The normalized spacial score (nSPS) is 11.8. The van der Waals surface area contributed by atoms with Gasteiger partial charge in [0, 0.05) is 18.7 Å². The summed E-state index contributed by atoms with van der Waals surface area (Å²) >= 11 is 0. The van der Waals surface area contributed by atoms with Gasteiger partial charge in [0.05, 0.1) is 17.0 Å². The summed E-state index contributed by atoms with van der Waals surface area (Å²) in [4.78, 5) is 9.99. The van der Waals surface area contributed by atoms with Crippen LogP contribution in [-0.2, 0) is 6.42 Å². The molecule has 0 spiro atoms. The lowest BCUT2D eigenvalue weighted by Gasteiger charge is -2.05. The highest BCUT2D eigenvalue weighted by Gasteiger charge is 2.04. The van der Waals surface area contributed by atoms with E-state index in [2.05, 4.69) is 11.4 Å².